The van der Waals surface area contributed by atoms with E-state index in [4.69, 9.17) is 0 Å². The van der Waals surface area contributed by atoms with E-state index in [9.17, 15) is 0 Å². The minimum atomic E-state index is 0.455. The smallest absolute Gasteiger partial charge is 0.0699 e. The van der Waals surface area contributed by atoms with Crippen molar-refractivity contribution < 1.29 is 0 Å². The number of aromatic nitrogens is 2. The van der Waals surface area contributed by atoms with Crippen LogP contribution >= 0.6 is 0 Å². The second kappa shape index (κ2) is 5.47. The summed E-state index contributed by atoms with van der Waals surface area (Å²) in [5.41, 5.74) is 6.30. The van der Waals surface area contributed by atoms with Crippen molar-refractivity contribution in [2.24, 2.45) is 7.05 Å². The van der Waals surface area contributed by atoms with E-state index >= 15 is 0 Å². The van der Waals surface area contributed by atoms with Crippen LogP contribution in [0, 0.1) is 13.8 Å². The molecular weight excluding hydrogens is 234 g/mol. The molecule has 102 valence electrons. The second-order valence-electron chi connectivity index (χ2n) is 5.47. The van der Waals surface area contributed by atoms with Gasteiger partial charge >= 0.3 is 0 Å². The SMILES string of the molecule is Cc1cccc(NCc2cn(C)nc2C(C)C)c1C. The fourth-order valence-electron chi connectivity index (χ4n) is 2.31. The van der Waals surface area contributed by atoms with Gasteiger partial charge in [-0.25, -0.2) is 0 Å². The normalized spacial score (nSPS) is 11.1. The van der Waals surface area contributed by atoms with Gasteiger partial charge in [0.15, 0.2) is 0 Å². The van der Waals surface area contributed by atoms with Crippen molar-refractivity contribution in [2.45, 2.75) is 40.2 Å². The zero-order valence-corrected chi connectivity index (χ0v) is 12.5. The summed E-state index contributed by atoms with van der Waals surface area (Å²) in [6.07, 6.45) is 2.10. The van der Waals surface area contributed by atoms with Crippen LogP contribution in [0.5, 0.6) is 0 Å². The predicted octanol–water partition coefficient (Wildman–Crippen LogP) is 3.77. The number of hydrogen-bond acceptors (Lipinski definition) is 2. The number of rotatable bonds is 4. The Morgan fingerprint density at radius 3 is 2.68 bits per heavy atom. The number of nitrogens with one attached hydrogen (secondary N) is 1. The molecule has 2 rings (SSSR count). The lowest BCUT2D eigenvalue weighted by Gasteiger charge is -2.12. The van der Waals surface area contributed by atoms with Crippen molar-refractivity contribution in [1.82, 2.24) is 9.78 Å². The lowest BCUT2D eigenvalue weighted by Crippen LogP contribution is -2.04. The topological polar surface area (TPSA) is 29.9 Å². The first-order valence-corrected chi connectivity index (χ1v) is 6.81. The summed E-state index contributed by atoms with van der Waals surface area (Å²) >= 11 is 0. The molecule has 2 aromatic rings. The maximum atomic E-state index is 4.54. The molecule has 1 N–H and O–H groups in total. The van der Waals surface area contributed by atoms with Gasteiger partial charge in [-0.15, -0.1) is 0 Å². The number of aryl methyl sites for hydroxylation is 2. The van der Waals surface area contributed by atoms with E-state index in [2.05, 4.69) is 62.5 Å². The third-order valence-corrected chi connectivity index (χ3v) is 3.56. The van der Waals surface area contributed by atoms with Crippen LogP contribution in [0.2, 0.25) is 0 Å². The summed E-state index contributed by atoms with van der Waals surface area (Å²) in [7, 11) is 1.98. The van der Waals surface area contributed by atoms with E-state index in [0.717, 1.165) is 6.54 Å². The maximum Gasteiger partial charge on any atom is 0.0699 e. The van der Waals surface area contributed by atoms with Crippen LogP contribution in [0.4, 0.5) is 5.69 Å². The first-order valence-electron chi connectivity index (χ1n) is 6.81. The summed E-state index contributed by atoms with van der Waals surface area (Å²) in [4.78, 5) is 0. The van der Waals surface area contributed by atoms with E-state index < -0.39 is 0 Å². The minimum absolute atomic E-state index is 0.455. The van der Waals surface area contributed by atoms with Gasteiger partial charge in [0.05, 0.1) is 5.69 Å². The van der Waals surface area contributed by atoms with Crippen LogP contribution in [0.15, 0.2) is 24.4 Å². The van der Waals surface area contributed by atoms with Gasteiger partial charge in [-0.05, 0) is 37.0 Å². The third kappa shape index (κ3) is 2.98. The van der Waals surface area contributed by atoms with Crippen LogP contribution in [-0.2, 0) is 13.6 Å². The van der Waals surface area contributed by atoms with Crippen LogP contribution in [-0.4, -0.2) is 9.78 Å². The fraction of sp³-hybridized carbons (Fsp3) is 0.438. The van der Waals surface area contributed by atoms with Crippen molar-refractivity contribution in [3.05, 3.63) is 46.8 Å². The Balaban J connectivity index is 2.17. The molecule has 19 heavy (non-hydrogen) atoms. The lowest BCUT2D eigenvalue weighted by molar-refractivity contribution is 0.712. The Labute approximate surface area is 115 Å². The van der Waals surface area contributed by atoms with Crippen molar-refractivity contribution in [3.63, 3.8) is 0 Å². The zero-order chi connectivity index (χ0) is 14.0. The van der Waals surface area contributed by atoms with Gasteiger partial charge in [-0.2, -0.15) is 5.10 Å². The van der Waals surface area contributed by atoms with E-state index in [1.54, 1.807) is 0 Å². The minimum Gasteiger partial charge on any atom is -0.381 e. The molecule has 0 aliphatic heterocycles. The highest BCUT2D eigenvalue weighted by Crippen LogP contribution is 2.21. The molecule has 0 aliphatic carbocycles. The molecule has 3 heteroatoms. The molecule has 0 bridgehead atoms. The molecule has 0 unspecified atom stereocenters. The van der Waals surface area contributed by atoms with Crippen LogP contribution in [0.3, 0.4) is 0 Å². The van der Waals surface area contributed by atoms with Gasteiger partial charge in [0.25, 0.3) is 0 Å². The molecule has 0 spiro atoms. The predicted molar refractivity (Wildman–Crippen MR) is 80.5 cm³/mol. The number of hydrogen-bond donors (Lipinski definition) is 1. The van der Waals surface area contributed by atoms with E-state index in [1.807, 2.05) is 11.7 Å². The van der Waals surface area contributed by atoms with E-state index in [0.29, 0.717) is 5.92 Å². The highest BCUT2D eigenvalue weighted by atomic mass is 15.3. The molecule has 0 aliphatic rings. The largest absolute Gasteiger partial charge is 0.381 e. The molecule has 0 fully saturated rings. The molecule has 1 aromatic carbocycles. The average Bonchev–Trinajstić information content (AvgIpc) is 2.73. The van der Waals surface area contributed by atoms with Crippen molar-refractivity contribution in [3.8, 4) is 0 Å². The molecule has 1 aromatic heterocycles. The summed E-state index contributed by atoms with van der Waals surface area (Å²) < 4.78 is 1.90. The maximum absolute atomic E-state index is 4.54. The highest BCUT2D eigenvalue weighted by molar-refractivity contribution is 5.54. The van der Waals surface area contributed by atoms with Crippen LogP contribution < -0.4 is 5.32 Å². The summed E-state index contributed by atoms with van der Waals surface area (Å²) in [5.74, 6) is 0.455. The fourth-order valence-corrected chi connectivity index (χ4v) is 2.31. The summed E-state index contributed by atoms with van der Waals surface area (Å²) in [5, 5.41) is 8.06. The number of nitrogens with zero attached hydrogens (tertiary/aromatic N) is 2. The van der Waals surface area contributed by atoms with Gasteiger partial charge in [-0.1, -0.05) is 26.0 Å². The lowest BCUT2D eigenvalue weighted by atomic mass is 10.1. The molecule has 1 heterocycles. The Morgan fingerprint density at radius 2 is 2.00 bits per heavy atom. The zero-order valence-electron chi connectivity index (χ0n) is 12.5. The number of anilines is 1. The third-order valence-electron chi connectivity index (χ3n) is 3.56. The van der Waals surface area contributed by atoms with Gasteiger partial charge in [0.2, 0.25) is 0 Å². The van der Waals surface area contributed by atoms with Gasteiger partial charge in [0.1, 0.15) is 0 Å². The molecule has 0 saturated carbocycles. The average molecular weight is 257 g/mol. The van der Waals surface area contributed by atoms with Crippen molar-refractivity contribution in [2.75, 3.05) is 5.32 Å². The van der Waals surface area contributed by atoms with Crippen LogP contribution in [0.1, 0.15) is 42.1 Å². The first-order chi connectivity index (χ1) is 8.99. The molecular formula is C16H23N3. The summed E-state index contributed by atoms with van der Waals surface area (Å²) in [6, 6.07) is 6.37. The number of benzene rings is 1. The highest BCUT2D eigenvalue weighted by Gasteiger charge is 2.11. The van der Waals surface area contributed by atoms with Crippen molar-refractivity contribution >= 4 is 5.69 Å². The Kier molecular flexibility index (Phi) is 3.93. The Morgan fingerprint density at radius 1 is 1.26 bits per heavy atom. The van der Waals surface area contributed by atoms with E-state index in [1.165, 1.54) is 28.1 Å². The van der Waals surface area contributed by atoms with Gasteiger partial charge in [0, 0.05) is 31.0 Å². The van der Waals surface area contributed by atoms with Crippen molar-refractivity contribution in [1.29, 1.82) is 0 Å². The molecule has 0 atom stereocenters. The van der Waals surface area contributed by atoms with E-state index in [-0.39, 0.29) is 0 Å². The Bertz CT molecular complexity index is 567. The van der Waals surface area contributed by atoms with Crippen LogP contribution in [0.25, 0.3) is 0 Å². The Hall–Kier alpha value is -1.77. The second-order valence-corrected chi connectivity index (χ2v) is 5.47. The molecule has 0 radical (unpaired) electrons. The monoisotopic (exact) mass is 257 g/mol. The standard InChI is InChI=1S/C16H23N3/c1-11(2)16-14(10-19(5)18-16)9-17-15-8-6-7-12(3)13(15)4/h6-8,10-11,17H,9H2,1-5H3. The summed E-state index contributed by atoms with van der Waals surface area (Å²) in [6.45, 7) is 9.49. The quantitative estimate of drug-likeness (QED) is 0.903. The molecule has 0 amide bonds. The van der Waals surface area contributed by atoms with Gasteiger partial charge in [-0.3, -0.25) is 4.68 Å². The molecule has 3 nitrogen and oxygen atoms in total. The van der Waals surface area contributed by atoms with Gasteiger partial charge < -0.3 is 5.32 Å². The molecule has 0 saturated heterocycles. The first kappa shape index (κ1) is 13.7.